The van der Waals surface area contributed by atoms with Crippen LogP contribution >= 0.6 is 0 Å². The van der Waals surface area contributed by atoms with Gasteiger partial charge in [0.1, 0.15) is 11.3 Å². The first-order valence-electron chi connectivity index (χ1n) is 11.4. The molecule has 0 saturated carbocycles. The molecule has 1 atom stereocenters. The summed E-state index contributed by atoms with van der Waals surface area (Å²) in [7, 11) is 4.54. The van der Waals surface area contributed by atoms with Crippen LogP contribution in [0.25, 0.3) is 11.0 Å². The van der Waals surface area contributed by atoms with E-state index in [-0.39, 0.29) is 16.8 Å². The number of benzene rings is 3. The van der Waals surface area contributed by atoms with E-state index >= 15 is 0 Å². The lowest BCUT2D eigenvalue weighted by Gasteiger charge is -2.26. The van der Waals surface area contributed by atoms with Gasteiger partial charge in [-0.05, 0) is 61.0 Å². The first-order valence-corrected chi connectivity index (χ1v) is 11.4. The summed E-state index contributed by atoms with van der Waals surface area (Å²) in [4.78, 5) is 29.1. The number of amides is 1. The molecule has 0 saturated heterocycles. The maximum absolute atomic E-state index is 13.8. The SMILES string of the molecule is CCOc1ccc(N2C(=O)c3oc4ccccc4c(=O)c3C2c2cc(OC)c(OC)c(OC)c2)cc1. The lowest BCUT2D eigenvalue weighted by atomic mass is 9.97. The Bertz CT molecular complexity index is 1480. The predicted molar refractivity (Wildman–Crippen MR) is 135 cm³/mol. The third-order valence-electron chi connectivity index (χ3n) is 6.21. The van der Waals surface area contributed by atoms with Gasteiger partial charge in [0.25, 0.3) is 5.91 Å². The molecule has 1 aliphatic rings. The number of hydrogen-bond acceptors (Lipinski definition) is 7. The largest absolute Gasteiger partial charge is 0.494 e. The van der Waals surface area contributed by atoms with Crippen LogP contribution in [0.2, 0.25) is 0 Å². The lowest BCUT2D eigenvalue weighted by molar-refractivity contribution is 0.0971. The highest BCUT2D eigenvalue weighted by atomic mass is 16.5. The number of carbonyl (C=O) groups excluding carboxylic acids is 1. The molecule has 1 aliphatic heterocycles. The van der Waals surface area contributed by atoms with E-state index in [1.807, 2.05) is 6.92 Å². The summed E-state index contributed by atoms with van der Waals surface area (Å²) in [6.07, 6.45) is 0. The Kier molecular flexibility index (Phi) is 6.01. The molecule has 3 aromatic carbocycles. The average molecular weight is 488 g/mol. The summed E-state index contributed by atoms with van der Waals surface area (Å²) < 4.78 is 28.2. The molecule has 1 aromatic heterocycles. The topological polar surface area (TPSA) is 87.4 Å². The summed E-state index contributed by atoms with van der Waals surface area (Å²) in [6.45, 7) is 2.42. The Balaban J connectivity index is 1.78. The Morgan fingerprint density at radius 1 is 0.889 bits per heavy atom. The minimum atomic E-state index is -0.792. The van der Waals surface area contributed by atoms with E-state index in [9.17, 15) is 9.59 Å². The number of methoxy groups -OCH3 is 3. The Morgan fingerprint density at radius 2 is 1.56 bits per heavy atom. The molecule has 8 heteroatoms. The molecule has 0 spiro atoms. The third-order valence-corrected chi connectivity index (χ3v) is 6.21. The number of para-hydroxylation sites is 1. The maximum Gasteiger partial charge on any atom is 0.295 e. The van der Waals surface area contributed by atoms with Gasteiger partial charge in [0.15, 0.2) is 16.9 Å². The summed E-state index contributed by atoms with van der Waals surface area (Å²) in [5.41, 5.74) is 1.52. The number of nitrogens with zero attached hydrogens (tertiary/aromatic N) is 1. The van der Waals surface area contributed by atoms with Crippen molar-refractivity contribution in [1.82, 2.24) is 0 Å². The van der Waals surface area contributed by atoms with E-state index in [0.717, 1.165) is 0 Å². The van der Waals surface area contributed by atoms with Crippen molar-refractivity contribution in [1.29, 1.82) is 0 Å². The Hall–Kier alpha value is -4.46. The highest BCUT2D eigenvalue weighted by Gasteiger charge is 2.44. The van der Waals surface area contributed by atoms with Gasteiger partial charge in [-0.3, -0.25) is 14.5 Å². The fourth-order valence-corrected chi connectivity index (χ4v) is 4.63. The van der Waals surface area contributed by atoms with E-state index < -0.39 is 11.9 Å². The lowest BCUT2D eigenvalue weighted by Crippen LogP contribution is -2.29. The smallest absolute Gasteiger partial charge is 0.295 e. The van der Waals surface area contributed by atoms with Crippen LogP contribution in [0.5, 0.6) is 23.0 Å². The Morgan fingerprint density at radius 3 is 2.17 bits per heavy atom. The van der Waals surface area contributed by atoms with Crippen molar-refractivity contribution in [2.75, 3.05) is 32.8 Å². The highest BCUT2D eigenvalue weighted by Crippen LogP contribution is 2.46. The molecule has 4 aromatic rings. The van der Waals surface area contributed by atoms with E-state index in [4.69, 9.17) is 23.4 Å². The van der Waals surface area contributed by atoms with Crippen molar-refractivity contribution >= 4 is 22.6 Å². The summed E-state index contributed by atoms with van der Waals surface area (Å²) in [5.74, 6) is 1.48. The van der Waals surface area contributed by atoms with Crippen LogP contribution in [-0.4, -0.2) is 33.8 Å². The van der Waals surface area contributed by atoms with Crippen molar-refractivity contribution in [3.05, 3.63) is 87.8 Å². The van der Waals surface area contributed by atoms with Crippen molar-refractivity contribution in [3.63, 3.8) is 0 Å². The molecule has 0 N–H and O–H groups in total. The number of fused-ring (bicyclic) bond motifs is 2. The van der Waals surface area contributed by atoms with Gasteiger partial charge >= 0.3 is 0 Å². The van der Waals surface area contributed by atoms with Crippen LogP contribution in [0.15, 0.2) is 69.9 Å². The second-order valence-corrected chi connectivity index (χ2v) is 8.13. The molecule has 0 fully saturated rings. The van der Waals surface area contributed by atoms with E-state index in [1.165, 1.54) is 21.3 Å². The standard InChI is InChI=1S/C28H25NO7/c1-5-35-18-12-10-17(11-13-18)29-24(16-14-21(32-2)26(34-4)22(15-16)33-3)23-25(30)19-8-6-7-9-20(19)36-27(23)28(29)31/h6-15,24H,5H2,1-4H3. The molecule has 1 amide bonds. The molecule has 0 aliphatic carbocycles. The molecule has 5 rings (SSSR count). The predicted octanol–water partition coefficient (Wildman–Crippen LogP) is 4.97. The molecule has 184 valence electrons. The first-order chi connectivity index (χ1) is 17.5. The average Bonchev–Trinajstić information content (AvgIpc) is 3.20. The quantitative estimate of drug-likeness (QED) is 0.364. The third kappa shape index (κ3) is 3.62. The van der Waals surface area contributed by atoms with Crippen LogP contribution in [0.4, 0.5) is 5.69 Å². The number of hydrogen-bond donors (Lipinski definition) is 0. The monoisotopic (exact) mass is 487 g/mol. The molecular formula is C28H25NO7. The zero-order valence-electron chi connectivity index (χ0n) is 20.4. The minimum absolute atomic E-state index is 0.00587. The number of carbonyl (C=O) groups is 1. The van der Waals surface area contributed by atoms with Crippen LogP contribution in [0.1, 0.15) is 34.6 Å². The van der Waals surface area contributed by atoms with Crippen LogP contribution < -0.4 is 29.3 Å². The molecular weight excluding hydrogens is 462 g/mol. The highest BCUT2D eigenvalue weighted by molar-refractivity contribution is 6.10. The summed E-state index contributed by atoms with van der Waals surface area (Å²) >= 11 is 0. The van der Waals surface area contributed by atoms with Gasteiger partial charge in [0.2, 0.25) is 11.5 Å². The van der Waals surface area contributed by atoms with Gasteiger partial charge in [-0.15, -0.1) is 0 Å². The van der Waals surface area contributed by atoms with E-state index in [1.54, 1.807) is 65.6 Å². The van der Waals surface area contributed by atoms with Gasteiger partial charge in [-0.1, -0.05) is 12.1 Å². The number of ether oxygens (including phenoxy) is 4. The van der Waals surface area contributed by atoms with E-state index in [0.29, 0.717) is 51.8 Å². The van der Waals surface area contributed by atoms with Crippen molar-refractivity contribution in [2.45, 2.75) is 13.0 Å². The van der Waals surface area contributed by atoms with Crippen LogP contribution in [0, 0.1) is 0 Å². The zero-order valence-corrected chi connectivity index (χ0v) is 20.4. The first kappa shape index (κ1) is 23.3. The van der Waals surface area contributed by atoms with Gasteiger partial charge in [0, 0.05) is 5.69 Å². The van der Waals surface area contributed by atoms with Gasteiger partial charge in [-0.25, -0.2) is 0 Å². The van der Waals surface area contributed by atoms with Gasteiger partial charge in [-0.2, -0.15) is 0 Å². The second kappa shape index (κ2) is 9.30. The van der Waals surface area contributed by atoms with Gasteiger partial charge in [0.05, 0.1) is 44.9 Å². The molecule has 8 nitrogen and oxygen atoms in total. The van der Waals surface area contributed by atoms with Crippen molar-refractivity contribution in [3.8, 4) is 23.0 Å². The number of rotatable bonds is 7. The zero-order chi connectivity index (χ0) is 25.4. The normalized spacial score (nSPS) is 14.6. The van der Waals surface area contributed by atoms with Crippen molar-refractivity contribution in [2.24, 2.45) is 0 Å². The Labute approximate surface area is 207 Å². The molecule has 1 unspecified atom stereocenters. The van der Waals surface area contributed by atoms with Crippen LogP contribution in [0.3, 0.4) is 0 Å². The molecule has 0 radical (unpaired) electrons. The maximum atomic E-state index is 13.8. The fraction of sp³-hybridized carbons (Fsp3) is 0.214. The summed E-state index contributed by atoms with van der Waals surface area (Å²) in [6, 6.07) is 16.7. The molecule has 36 heavy (non-hydrogen) atoms. The van der Waals surface area contributed by atoms with Crippen molar-refractivity contribution < 1.29 is 28.2 Å². The summed E-state index contributed by atoms with van der Waals surface area (Å²) in [5, 5.41) is 0.398. The van der Waals surface area contributed by atoms with Crippen LogP contribution in [-0.2, 0) is 0 Å². The number of anilines is 1. The molecule has 0 bridgehead atoms. The minimum Gasteiger partial charge on any atom is -0.494 e. The second-order valence-electron chi connectivity index (χ2n) is 8.13. The van der Waals surface area contributed by atoms with E-state index in [2.05, 4.69) is 0 Å². The van der Waals surface area contributed by atoms with Gasteiger partial charge < -0.3 is 23.4 Å². The molecule has 2 heterocycles. The fourth-order valence-electron chi connectivity index (χ4n) is 4.63.